The molecule has 164 valence electrons. The first-order chi connectivity index (χ1) is 16.2. The third kappa shape index (κ3) is 3.37. The zero-order valence-corrected chi connectivity index (χ0v) is 18.4. The van der Waals surface area contributed by atoms with Gasteiger partial charge in [0.2, 0.25) is 0 Å². The molecule has 2 aliphatic rings. The fourth-order valence-electron chi connectivity index (χ4n) is 5.19. The van der Waals surface area contributed by atoms with Crippen molar-refractivity contribution in [2.75, 3.05) is 17.7 Å². The Morgan fingerprint density at radius 1 is 0.909 bits per heavy atom. The number of hydrogen-bond acceptors (Lipinski definition) is 4. The van der Waals surface area contributed by atoms with E-state index in [1.807, 2.05) is 48.7 Å². The highest BCUT2D eigenvalue weighted by atomic mass is 16.5. The first kappa shape index (κ1) is 19.7. The fourth-order valence-corrected chi connectivity index (χ4v) is 5.19. The number of para-hydroxylation sites is 3. The van der Waals surface area contributed by atoms with Crippen LogP contribution in [0.2, 0.25) is 0 Å². The van der Waals surface area contributed by atoms with E-state index >= 15 is 0 Å². The molecule has 3 aromatic carbocycles. The number of ether oxygens (including phenoxy) is 1. The molecule has 0 spiro atoms. The maximum Gasteiger partial charge on any atom is 0.163 e. The summed E-state index contributed by atoms with van der Waals surface area (Å²) in [6.45, 7) is 0. The number of H-pyrrole nitrogens is 1. The summed E-state index contributed by atoms with van der Waals surface area (Å²) in [5, 5.41) is 8.42. The first-order valence-corrected chi connectivity index (χ1v) is 11.3. The van der Waals surface area contributed by atoms with Crippen molar-refractivity contribution in [3.8, 4) is 5.75 Å². The quantitative estimate of drug-likeness (QED) is 0.361. The van der Waals surface area contributed by atoms with Crippen molar-refractivity contribution in [3.63, 3.8) is 0 Å². The molecule has 1 aliphatic carbocycles. The Balaban J connectivity index is 1.48. The number of nitrogens with one attached hydrogen (secondary N) is 3. The van der Waals surface area contributed by atoms with Crippen LogP contribution in [0.5, 0.6) is 5.75 Å². The van der Waals surface area contributed by atoms with Crippen LogP contribution in [0, 0.1) is 0 Å². The number of hydrogen-bond donors (Lipinski definition) is 3. The van der Waals surface area contributed by atoms with Crippen LogP contribution in [0.1, 0.15) is 35.9 Å². The summed E-state index contributed by atoms with van der Waals surface area (Å²) >= 11 is 0. The van der Waals surface area contributed by atoms with Gasteiger partial charge >= 0.3 is 0 Å². The summed E-state index contributed by atoms with van der Waals surface area (Å²) in [6, 6.07) is 24.2. The highest BCUT2D eigenvalue weighted by molar-refractivity contribution is 6.02. The van der Waals surface area contributed by atoms with Gasteiger partial charge in [0.05, 0.1) is 24.5 Å². The molecule has 1 aliphatic heterocycles. The van der Waals surface area contributed by atoms with Crippen molar-refractivity contribution in [3.05, 3.63) is 101 Å². The van der Waals surface area contributed by atoms with Gasteiger partial charge in [0.25, 0.3) is 0 Å². The van der Waals surface area contributed by atoms with Crippen molar-refractivity contribution >= 4 is 28.1 Å². The van der Waals surface area contributed by atoms with Gasteiger partial charge in [-0.3, -0.25) is 4.79 Å². The molecule has 0 amide bonds. The molecule has 3 N–H and O–H groups in total. The van der Waals surface area contributed by atoms with Crippen LogP contribution in [0.4, 0.5) is 11.4 Å². The van der Waals surface area contributed by atoms with Crippen LogP contribution < -0.4 is 15.4 Å². The number of ketones is 1. The number of benzene rings is 3. The van der Waals surface area contributed by atoms with Crippen molar-refractivity contribution in [2.24, 2.45) is 0 Å². The minimum absolute atomic E-state index is 0.104. The van der Waals surface area contributed by atoms with Gasteiger partial charge in [-0.2, -0.15) is 0 Å². The highest BCUT2D eigenvalue weighted by Crippen LogP contribution is 2.45. The molecule has 2 unspecified atom stereocenters. The number of aromatic nitrogens is 1. The van der Waals surface area contributed by atoms with Crippen LogP contribution in [-0.2, 0) is 4.79 Å². The molecule has 0 bridgehead atoms. The van der Waals surface area contributed by atoms with Crippen LogP contribution in [-0.4, -0.2) is 17.9 Å². The predicted molar refractivity (Wildman–Crippen MR) is 132 cm³/mol. The zero-order valence-electron chi connectivity index (χ0n) is 18.4. The summed E-state index contributed by atoms with van der Waals surface area (Å²) in [6.07, 6.45) is 3.27. The number of allylic oxidation sites excluding steroid dienone is 1. The summed E-state index contributed by atoms with van der Waals surface area (Å²) < 4.78 is 5.43. The van der Waals surface area contributed by atoms with E-state index in [0.29, 0.717) is 6.42 Å². The molecule has 2 atom stereocenters. The lowest BCUT2D eigenvalue weighted by Crippen LogP contribution is -2.26. The van der Waals surface area contributed by atoms with Gasteiger partial charge in [-0.05, 0) is 48.2 Å². The summed E-state index contributed by atoms with van der Waals surface area (Å²) in [7, 11) is 1.67. The standard InChI is InChI=1S/C28H25N3O2/c1-33-19-8-6-7-17(13-19)18-14-25-27(26(32)15-18)28(31-24-12-5-4-11-23(24)30-25)21-16-29-22-10-3-2-9-20(21)22/h2-13,16,18,28-31H,14-15H2,1H3. The molecule has 0 saturated carbocycles. The van der Waals surface area contributed by atoms with Crippen molar-refractivity contribution in [1.82, 2.24) is 4.98 Å². The molecule has 0 saturated heterocycles. The van der Waals surface area contributed by atoms with E-state index in [1.54, 1.807) is 7.11 Å². The fraction of sp³-hybridized carbons (Fsp3) is 0.179. The van der Waals surface area contributed by atoms with Crippen LogP contribution in [0.25, 0.3) is 10.9 Å². The number of Topliss-reactive ketones (excluding diaryl/α,β-unsaturated/α-hetero) is 1. The van der Waals surface area contributed by atoms with E-state index in [-0.39, 0.29) is 17.7 Å². The molecule has 6 rings (SSSR count). The van der Waals surface area contributed by atoms with E-state index in [4.69, 9.17) is 4.74 Å². The van der Waals surface area contributed by atoms with E-state index in [2.05, 4.69) is 45.9 Å². The number of anilines is 2. The second kappa shape index (κ2) is 7.85. The maximum atomic E-state index is 13.7. The minimum Gasteiger partial charge on any atom is -0.497 e. The SMILES string of the molecule is COc1cccc(C2CC(=O)C3=C(C2)Nc2ccccc2NC3c2c[nH]c3ccccc23)c1. The van der Waals surface area contributed by atoms with Crippen molar-refractivity contribution in [1.29, 1.82) is 0 Å². The lowest BCUT2D eigenvalue weighted by atomic mass is 9.78. The largest absolute Gasteiger partial charge is 0.497 e. The third-order valence-corrected chi connectivity index (χ3v) is 6.81. The minimum atomic E-state index is -0.231. The van der Waals surface area contributed by atoms with Gasteiger partial charge in [0.15, 0.2) is 5.78 Å². The number of carbonyl (C=O) groups excluding carboxylic acids is 1. The average molecular weight is 436 g/mol. The number of rotatable bonds is 3. The normalized spacial score (nSPS) is 19.8. The van der Waals surface area contributed by atoms with E-state index in [9.17, 15) is 4.79 Å². The van der Waals surface area contributed by atoms with E-state index in [1.165, 1.54) is 0 Å². The van der Waals surface area contributed by atoms with Crippen LogP contribution in [0.15, 0.2) is 90.3 Å². The average Bonchev–Trinajstić information content (AvgIpc) is 3.20. The van der Waals surface area contributed by atoms with Gasteiger partial charge in [-0.15, -0.1) is 0 Å². The number of methoxy groups -OCH3 is 1. The maximum absolute atomic E-state index is 13.7. The molecule has 5 heteroatoms. The number of carbonyl (C=O) groups is 1. The van der Waals surface area contributed by atoms with Gasteiger partial charge in [0, 0.05) is 40.4 Å². The van der Waals surface area contributed by atoms with Crippen LogP contribution in [0.3, 0.4) is 0 Å². The third-order valence-electron chi connectivity index (χ3n) is 6.81. The van der Waals surface area contributed by atoms with Gasteiger partial charge in [-0.1, -0.05) is 42.5 Å². The lowest BCUT2D eigenvalue weighted by Gasteiger charge is -2.29. The highest BCUT2D eigenvalue weighted by Gasteiger charge is 2.36. The molecular formula is C28H25N3O2. The van der Waals surface area contributed by atoms with Crippen molar-refractivity contribution in [2.45, 2.75) is 24.8 Å². The summed E-state index contributed by atoms with van der Waals surface area (Å²) in [4.78, 5) is 17.1. The molecule has 2 heterocycles. The number of aromatic amines is 1. The summed E-state index contributed by atoms with van der Waals surface area (Å²) in [5.74, 6) is 1.09. The Morgan fingerprint density at radius 3 is 2.61 bits per heavy atom. The monoisotopic (exact) mass is 435 g/mol. The molecule has 0 fully saturated rings. The Morgan fingerprint density at radius 2 is 1.73 bits per heavy atom. The second-order valence-electron chi connectivity index (χ2n) is 8.73. The Labute approximate surface area is 192 Å². The lowest BCUT2D eigenvalue weighted by molar-refractivity contribution is -0.116. The summed E-state index contributed by atoms with van der Waals surface area (Å²) in [5.41, 5.74) is 7.09. The molecular weight excluding hydrogens is 410 g/mol. The van der Waals surface area contributed by atoms with E-state index < -0.39 is 0 Å². The van der Waals surface area contributed by atoms with Gasteiger partial charge < -0.3 is 20.4 Å². The van der Waals surface area contributed by atoms with Crippen molar-refractivity contribution < 1.29 is 9.53 Å². The second-order valence-corrected chi connectivity index (χ2v) is 8.73. The smallest absolute Gasteiger partial charge is 0.163 e. The van der Waals surface area contributed by atoms with Gasteiger partial charge in [-0.25, -0.2) is 0 Å². The zero-order chi connectivity index (χ0) is 22.4. The Hall–Kier alpha value is -3.99. The first-order valence-electron chi connectivity index (χ1n) is 11.3. The Kier molecular flexibility index (Phi) is 4.68. The van der Waals surface area contributed by atoms with Gasteiger partial charge in [0.1, 0.15) is 5.75 Å². The molecule has 4 aromatic rings. The molecule has 1 aromatic heterocycles. The topological polar surface area (TPSA) is 66.2 Å². The molecule has 33 heavy (non-hydrogen) atoms. The van der Waals surface area contributed by atoms with Crippen LogP contribution >= 0.6 is 0 Å². The molecule has 5 nitrogen and oxygen atoms in total. The number of fused-ring (bicyclic) bond motifs is 2. The molecule has 0 radical (unpaired) electrons. The Bertz CT molecular complexity index is 1400. The predicted octanol–water partition coefficient (Wildman–Crippen LogP) is 6.16. The van der Waals surface area contributed by atoms with E-state index in [0.717, 1.165) is 56.8 Å².